The number of carbonyl (C=O) groups is 2. The highest BCUT2D eigenvalue weighted by Gasteiger charge is 2.27. The summed E-state index contributed by atoms with van der Waals surface area (Å²) in [6.07, 6.45) is 49.8. The normalized spacial score (nSPS) is 14.8. The highest BCUT2D eigenvalue weighted by atomic mass is 31.2. The minimum Gasteiger partial charge on any atom is -0.462 e. The van der Waals surface area contributed by atoms with Crippen LogP contribution in [-0.2, 0) is 32.7 Å². The first-order valence-electron chi connectivity index (χ1n) is 21.2. The smallest absolute Gasteiger partial charge is 0.462 e. The molecule has 0 aliphatic carbocycles. The monoisotopic (exact) mass is 819 g/mol. The van der Waals surface area contributed by atoms with Crippen molar-refractivity contribution < 1.29 is 47.8 Å². The average Bonchev–Trinajstić information content (AvgIpc) is 3.20. The van der Waals surface area contributed by atoms with Crippen molar-refractivity contribution in [2.75, 3.05) is 26.4 Å². The largest absolute Gasteiger partial charge is 0.472 e. The third-order valence-electron chi connectivity index (χ3n) is 8.25. The van der Waals surface area contributed by atoms with Gasteiger partial charge in [-0.15, -0.1) is 0 Å². The predicted molar refractivity (Wildman–Crippen MR) is 232 cm³/mol. The molecule has 0 aliphatic heterocycles. The Morgan fingerprint density at radius 2 is 0.965 bits per heavy atom. The molecular weight excluding hydrogens is 743 g/mol. The van der Waals surface area contributed by atoms with Gasteiger partial charge in [0.15, 0.2) is 6.10 Å². The molecule has 0 saturated carbocycles. The first kappa shape index (κ1) is 53.9. The summed E-state index contributed by atoms with van der Waals surface area (Å²) in [7, 11) is -4.65. The number of rotatable bonds is 38. The number of esters is 2. The SMILES string of the molecule is CCC=CCC=CCC=CCC=CCC=CCC=CCCC(=O)OC(COC(=O)CCC=CCC=CCCCCCCCCCC)COP(=O)(O)OCC(O)CO. The van der Waals surface area contributed by atoms with E-state index >= 15 is 0 Å². The Bertz CT molecular complexity index is 1260. The summed E-state index contributed by atoms with van der Waals surface area (Å²) < 4.78 is 32.5. The molecule has 0 radical (unpaired) electrons. The second kappa shape index (κ2) is 41.1. The summed E-state index contributed by atoms with van der Waals surface area (Å²) in [5.74, 6) is -1.11. The average molecular weight is 819 g/mol. The van der Waals surface area contributed by atoms with Crippen LogP contribution in [0.25, 0.3) is 0 Å². The Morgan fingerprint density at radius 1 is 0.544 bits per heavy atom. The van der Waals surface area contributed by atoms with E-state index < -0.39 is 51.8 Å². The first-order valence-corrected chi connectivity index (χ1v) is 22.7. The van der Waals surface area contributed by atoms with E-state index in [1.807, 2.05) is 24.3 Å². The van der Waals surface area contributed by atoms with E-state index in [0.717, 1.165) is 51.4 Å². The molecule has 3 unspecified atom stereocenters. The van der Waals surface area contributed by atoms with Gasteiger partial charge in [-0.3, -0.25) is 18.6 Å². The highest BCUT2D eigenvalue weighted by Crippen LogP contribution is 2.43. The second-order valence-electron chi connectivity index (χ2n) is 13.6. The van der Waals surface area contributed by atoms with E-state index in [1.165, 1.54) is 51.4 Å². The molecule has 0 aromatic carbocycles. The number of carbonyl (C=O) groups excluding carboxylic acids is 2. The molecule has 0 aliphatic rings. The van der Waals surface area contributed by atoms with Gasteiger partial charge in [0.05, 0.1) is 19.8 Å². The third kappa shape index (κ3) is 40.9. The van der Waals surface area contributed by atoms with Gasteiger partial charge in [-0.05, 0) is 70.6 Å². The van der Waals surface area contributed by atoms with Gasteiger partial charge < -0.3 is 24.6 Å². The Morgan fingerprint density at radius 3 is 1.46 bits per heavy atom. The molecule has 0 bridgehead atoms. The number of aliphatic hydroxyl groups excluding tert-OH is 2. The summed E-state index contributed by atoms with van der Waals surface area (Å²) in [5.41, 5.74) is 0. The maximum Gasteiger partial charge on any atom is 0.472 e. The molecule has 11 heteroatoms. The molecular formula is C46H75O10P. The summed E-state index contributed by atoms with van der Waals surface area (Å²) in [4.78, 5) is 34.9. The number of allylic oxidation sites excluding steroid dienone is 16. The molecule has 0 fully saturated rings. The van der Waals surface area contributed by atoms with Crippen molar-refractivity contribution in [3.05, 3.63) is 97.2 Å². The van der Waals surface area contributed by atoms with Gasteiger partial charge in [-0.1, -0.05) is 156 Å². The Balaban J connectivity index is 4.54. The van der Waals surface area contributed by atoms with Crippen LogP contribution in [-0.4, -0.2) is 65.7 Å². The number of aliphatic hydroxyl groups is 2. The lowest BCUT2D eigenvalue weighted by Crippen LogP contribution is -2.29. The summed E-state index contributed by atoms with van der Waals surface area (Å²) in [6.45, 7) is 2.09. The first-order chi connectivity index (χ1) is 27.7. The zero-order valence-corrected chi connectivity index (χ0v) is 35.9. The van der Waals surface area contributed by atoms with Crippen LogP contribution in [0.3, 0.4) is 0 Å². The Labute approximate surface area is 344 Å². The molecule has 0 heterocycles. The summed E-state index contributed by atoms with van der Waals surface area (Å²) >= 11 is 0. The van der Waals surface area contributed by atoms with Crippen LogP contribution in [0.1, 0.15) is 142 Å². The zero-order valence-electron chi connectivity index (χ0n) is 35.0. The van der Waals surface area contributed by atoms with E-state index in [4.69, 9.17) is 19.1 Å². The van der Waals surface area contributed by atoms with Crippen molar-refractivity contribution >= 4 is 19.8 Å². The van der Waals surface area contributed by atoms with Crippen LogP contribution < -0.4 is 0 Å². The van der Waals surface area contributed by atoms with E-state index in [2.05, 4.69) is 91.3 Å². The number of phosphoric ester groups is 1. The van der Waals surface area contributed by atoms with Gasteiger partial charge in [-0.25, -0.2) is 4.57 Å². The quantitative estimate of drug-likeness (QED) is 0.0238. The van der Waals surface area contributed by atoms with E-state index in [9.17, 15) is 24.2 Å². The van der Waals surface area contributed by atoms with Crippen molar-refractivity contribution in [1.82, 2.24) is 0 Å². The maximum atomic E-state index is 12.6. The Kier molecular flexibility index (Phi) is 38.8. The minimum absolute atomic E-state index is 0.0426. The van der Waals surface area contributed by atoms with E-state index in [1.54, 1.807) is 0 Å². The predicted octanol–water partition coefficient (Wildman–Crippen LogP) is 11.2. The summed E-state index contributed by atoms with van der Waals surface area (Å²) in [6, 6.07) is 0. The number of phosphoric acid groups is 1. The maximum absolute atomic E-state index is 12.6. The molecule has 0 aromatic heterocycles. The molecule has 0 aromatic rings. The van der Waals surface area contributed by atoms with Crippen LogP contribution in [0.15, 0.2) is 97.2 Å². The van der Waals surface area contributed by atoms with E-state index in [-0.39, 0.29) is 19.4 Å². The molecule has 0 saturated heterocycles. The van der Waals surface area contributed by atoms with Crippen LogP contribution in [0.2, 0.25) is 0 Å². The second-order valence-corrected chi connectivity index (χ2v) is 15.1. The zero-order chi connectivity index (χ0) is 41.9. The molecule has 0 rings (SSSR count). The van der Waals surface area contributed by atoms with Crippen LogP contribution in [0.5, 0.6) is 0 Å². The van der Waals surface area contributed by atoms with E-state index in [0.29, 0.717) is 12.8 Å². The lowest BCUT2D eigenvalue weighted by atomic mass is 10.1. The summed E-state index contributed by atoms with van der Waals surface area (Å²) in [5, 5.41) is 18.3. The lowest BCUT2D eigenvalue weighted by Gasteiger charge is -2.20. The van der Waals surface area contributed by atoms with Gasteiger partial charge >= 0.3 is 19.8 Å². The van der Waals surface area contributed by atoms with Gasteiger partial charge in [0.1, 0.15) is 12.7 Å². The van der Waals surface area contributed by atoms with Crippen LogP contribution >= 0.6 is 7.82 Å². The highest BCUT2D eigenvalue weighted by molar-refractivity contribution is 7.47. The Hall–Kier alpha value is -3.11. The third-order valence-corrected chi connectivity index (χ3v) is 9.20. The van der Waals surface area contributed by atoms with Gasteiger partial charge in [-0.2, -0.15) is 0 Å². The molecule has 57 heavy (non-hydrogen) atoms. The van der Waals surface area contributed by atoms with Gasteiger partial charge in [0.2, 0.25) is 0 Å². The van der Waals surface area contributed by atoms with Crippen molar-refractivity contribution in [2.24, 2.45) is 0 Å². The fourth-order valence-corrected chi connectivity index (χ4v) is 5.80. The minimum atomic E-state index is -4.65. The van der Waals surface area contributed by atoms with Crippen LogP contribution in [0.4, 0.5) is 0 Å². The molecule has 0 amide bonds. The molecule has 324 valence electrons. The van der Waals surface area contributed by atoms with Gasteiger partial charge in [0.25, 0.3) is 0 Å². The van der Waals surface area contributed by atoms with Crippen molar-refractivity contribution in [3.63, 3.8) is 0 Å². The molecule has 0 spiro atoms. The van der Waals surface area contributed by atoms with Crippen LogP contribution in [0, 0.1) is 0 Å². The number of hydrogen-bond donors (Lipinski definition) is 3. The van der Waals surface area contributed by atoms with Gasteiger partial charge in [0, 0.05) is 12.8 Å². The lowest BCUT2D eigenvalue weighted by molar-refractivity contribution is -0.161. The number of hydrogen-bond acceptors (Lipinski definition) is 9. The number of unbranched alkanes of at least 4 members (excludes halogenated alkanes) is 8. The fourth-order valence-electron chi connectivity index (χ4n) is 5.01. The molecule has 10 nitrogen and oxygen atoms in total. The standard InChI is InChI=1S/C46H75O10P/c1-3-5-7-9-11-13-15-17-19-20-21-22-24-26-28-30-32-34-36-38-46(50)56-44(42-55-57(51,52)54-40-43(48)39-47)41-53-45(49)37-35-33-31-29-27-25-23-18-16-14-12-10-8-6-4-2/h5,7,11,13,17,19,21-22,25-28,31-34,43-44,47-48H,3-4,6,8-10,12,14-16,18,20,23-24,29-30,35-42H2,1-2H3,(H,51,52). The van der Waals surface area contributed by atoms with Crippen molar-refractivity contribution in [2.45, 2.75) is 154 Å². The molecule has 3 atom stereocenters. The topological polar surface area (TPSA) is 149 Å². The number of ether oxygens (including phenoxy) is 2. The molecule has 3 N–H and O–H groups in total. The fraction of sp³-hybridized carbons (Fsp3) is 0.609. The van der Waals surface area contributed by atoms with Crippen molar-refractivity contribution in [1.29, 1.82) is 0 Å². The van der Waals surface area contributed by atoms with Crippen molar-refractivity contribution in [3.8, 4) is 0 Å².